The molecule has 0 bridgehead atoms. The zero-order valence-electron chi connectivity index (χ0n) is 14.6. The lowest BCUT2D eigenvalue weighted by Gasteiger charge is -2.24. The average Bonchev–Trinajstić information content (AvgIpc) is 3.00. The van der Waals surface area contributed by atoms with Gasteiger partial charge in [-0.05, 0) is 24.1 Å². The van der Waals surface area contributed by atoms with Crippen molar-refractivity contribution in [3.8, 4) is 11.4 Å². The van der Waals surface area contributed by atoms with E-state index < -0.39 is 5.76 Å². The predicted molar refractivity (Wildman–Crippen MR) is 98.2 cm³/mol. The van der Waals surface area contributed by atoms with Crippen molar-refractivity contribution in [1.82, 2.24) is 15.0 Å². The molecule has 3 aromatic rings. The minimum atomic E-state index is -0.610. The van der Waals surface area contributed by atoms with Gasteiger partial charge in [-0.2, -0.15) is 0 Å². The Balaban J connectivity index is 1.51. The molecule has 1 aliphatic heterocycles. The molecule has 7 heteroatoms. The van der Waals surface area contributed by atoms with Gasteiger partial charge in [-0.25, -0.2) is 4.79 Å². The van der Waals surface area contributed by atoms with Gasteiger partial charge < -0.3 is 9.64 Å². The summed E-state index contributed by atoms with van der Waals surface area (Å²) in [7, 11) is 0. The van der Waals surface area contributed by atoms with Crippen molar-refractivity contribution < 1.29 is 14.1 Å². The van der Waals surface area contributed by atoms with Crippen molar-refractivity contribution in [2.24, 2.45) is 0 Å². The van der Waals surface area contributed by atoms with Gasteiger partial charge in [0, 0.05) is 24.3 Å². The summed E-state index contributed by atoms with van der Waals surface area (Å²) >= 11 is 0. The number of carbonyl (C=O) groups is 1. The monoisotopic (exact) mass is 365 g/mol. The standard InChI is InChI=1S/C20H19N3O4/c24-19(16-9-7-15(8-10-16)18-21-20(25)27-22-18)23-11-4-12-26-17(13-23)14-5-2-1-3-6-14/h1-3,5-10,17H,4,11-13H2,(H,21,22,25). The van der Waals surface area contributed by atoms with E-state index in [9.17, 15) is 9.59 Å². The first-order valence-electron chi connectivity index (χ1n) is 8.83. The van der Waals surface area contributed by atoms with Crippen LogP contribution in [0.4, 0.5) is 0 Å². The summed E-state index contributed by atoms with van der Waals surface area (Å²) < 4.78 is 10.4. The lowest BCUT2D eigenvalue weighted by atomic mass is 10.1. The van der Waals surface area contributed by atoms with Gasteiger partial charge in [0.25, 0.3) is 5.91 Å². The van der Waals surface area contributed by atoms with Crippen molar-refractivity contribution >= 4 is 5.91 Å². The summed E-state index contributed by atoms with van der Waals surface area (Å²) in [5.74, 6) is -0.311. The molecular formula is C20H19N3O4. The van der Waals surface area contributed by atoms with Crippen molar-refractivity contribution in [2.45, 2.75) is 12.5 Å². The molecule has 1 atom stereocenters. The number of aromatic amines is 1. The fourth-order valence-corrected chi connectivity index (χ4v) is 3.19. The van der Waals surface area contributed by atoms with Crippen molar-refractivity contribution in [2.75, 3.05) is 19.7 Å². The van der Waals surface area contributed by atoms with Crippen molar-refractivity contribution in [3.05, 3.63) is 76.3 Å². The van der Waals surface area contributed by atoms with Crippen molar-refractivity contribution in [1.29, 1.82) is 0 Å². The van der Waals surface area contributed by atoms with Gasteiger partial charge in [0.2, 0.25) is 0 Å². The summed E-state index contributed by atoms with van der Waals surface area (Å²) in [6.07, 6.45) is 0.671. The Morgan fingerprint density at radius 3 is 2.59 bits per heavy atom. The number of rotatable bonds is 3. The van der Waals surface area contributed by atoms with Crippen LogP contribution < -0.4 is 5.76 Å². The van der Waals surface area contributed by atoms with Gasteiger partial charge in [-0.15, -0.1) is 0 Å². The van der Waals surface area contributed by atoms with E-state index in [4.69, 9.17) is 4.74 Å². The normalized spacial score (nSPS) is 17.5. The number of hydrogen-bond acceptors (Lipinski definition) is 5. The van der Waals surface area contributed by atoms with Gasteiger partial charge in [0.15, 0.2) is 5.82 Å². The number of benzene rings is 2. The van der Waals surface area contributed by atoms with Crippen LogP contribution in [0, 0.1) is 0 Å². The number of nitrogens with one attached hydrogen (secondary N) is 1. The molecule has 0 aliphatic carbocycles. The minimum absolute atomic E-state index is 0.0402. The van der Waals surface area contributed by atoms with Crippen LogP contribution >= 0.6 is 0 Å². The molecule has 1 amide bonds. The highest BCUT2D eigenvalue weighted by Gasteiger charge is 2.24. The number of hydrogen-bond donors (Lipinski definition) is 1. The molecule has 1 N–H and O–H groups in total. The Morgan fingerprint density at radius 2 is 1.89 bits per heavy atom. The maximum Gasteiger partial charge on any atom is 0.439 e. The maximum atomic E-state index is 13.0. The molecule has 4 rings (SSSR count). The highest BCUT2D eigenvalue weighted by molar-refractivity contribution is 5.94. The largest absolute Gasteiger partial charge is 0.439 e. The van der Waals surface area contributed by atoms with Crippen LogP contribution in [0.2, 0.25) is 0 Å². The third kappa shape index (κ3) is 3.83. The molecule has 138 valence electrons. The Bertz CT molecular complexity index is 963. The van der Waals surface area contributed by atoms with E-state index in [1.54, 1.807) is 24.3 Å². The van der Waals surface area contributed by atoms with Crippen LogP contribution in [-0.4, -0.2) is 40.6 Å². The smallest absolute Gasteiger partial charge is 0.372 e. The number of H-pyrrole nitrogens is 1. The summed E-state index contributed by atoms with van der Waals surface area (Å²) in [5.41, 5.74) is 2.33. The molecule has 0 radical (unpaired) electrons. The molecule has 1 aromatic heterocycles. The van der Waals surface area contributed by atoms with E-state index in [1.165, 1.54) is 0 Å². The summed E-state index contributed by atoms with van der Waals surface area (Å²) in [5, 5.41) is 3.65. The molecule has 1 saturated heterocycles. The van der Waals surface area contributed by atoms with Crippen LogP contribution in [0.5, 0.6) is 0 Å². The second kappa shape index (κ2) is 7.59. The lowest BCUT2D eigenvalue weighted by molar-refractivity contribution is 0.0472. The summed E-state index contributed by atoms with van der Waals surface area (Å²) in [6.45, 7) is 1.80. The van der Waals surface area contributed by atoms with Gasteiger partial charge in [-0.3, -0.25) is 14.3 Å². The highest BCUT2D eigenvalue weighted by Crippen LogP contribution is 2.23. The Hall–Kier alpha value is -3.19. The highest BCUT2D eigenvalue weighted by atomic mass is 16.5. The van der Waals surface area contributed by atoms with E-state index in [-0.39, 0.29) is 12.0 Å². The molecule has 7 nitrogen and oxygen atoms in total. The van der Waals surface area contributed by atoms with E-state index in [0.29, 0.717) is 36.6 Å². The second-order valence-corrected chi connectivity index (χ2v) is 6.40. The molecule has 0 saturated carbocycles. The molecule has 1 unspecified atom stereocenters. The van der Waals surface area contributed by atoms with Crippen molar-refractivity contribution in [3.63, 3.8) is 0 Å². The Morgan fingerprint density at radius 1 is 1.11 bits per heavy atom. The molecule has 2 aromatic carbocycles. The van der Waals surface area contributed by atoms with E-state index in [0.717, 1.165) is 12.0 Å². The fourth-order valence-electron chi connectivity index (χ4n) is 3.19. The summed E-state index contributed by atoms with van der Waals surface area (Å²) in [4.78, 5) is 28.4. The molecule has 1 fully saturated rings. The van der Waals surface area contributed by atoms with Crippen LogP contribution in [0.1, 0.15) is 28.4 Å². The number of ether oxygens (including phenoxy) is 1. The molecule has 27 heavy (non-hydrogen) atoms. The fraction of sp³-hybridized carbons (Fsp3) is 0.250. The molecular weight excluding hydrogens is 346 g/mol. The van der Waals surface area contributed by atoms with Gasteiger partial charge >= 0.3 is 5.76 Å². The minimum Gasteiger partial charge on any atom is -0.372 e. The first-order valence-corrected chi connectivity index (χ1v) is 8.83. The van der Waals surface area contributed by atoms with Gasteiger partial charge in [-0.1, -0.05) is 47.6 Å². The topological polar surface area (TPSA) is 88.4 Å². The summed E-state index contributed by atoms with van der Waals surface area (Å²) in [6, 6.07) is 16.9. The van der Waals surface area contributed by atoms with Crippen LogP contribution in [0.15, 0.2) is 63.9 Å². The first-order chi connectivity index (χ1) is 13.2. The quantitative estimate of drug-likeness (QED) is 0.771. The third-order valence-corrected chi connectivity index (χ3v) is 4.58. The lowest BCUT2D eigenvalue weighted by Crippen LogP contribution is -2.34. The van der Waals surface area contributed by atoms with Gasteiger partial charge in [0.1, 0.15) is 6.10 Å². The molecule has 1 aliphatic rings. The predicted octanol–water partition coefficient (Wildman–Crippen LogP) is 2.63. The Kier molecular flexibility index (Phi) is 4.84. The number of aromatic nitrogens is 2. The van der Waals surface area contributed by atoms with E-state index in [1.807, 2.05) is 35.2 Å². The number of carbonyl (C=O) groups excluding carboxylic acids is 1. The number of amides is 1. The average molecular weight is 365 g/mol. The number of nitrogens with zero attached hydrogens (tertiary/aromatic N) is 2. The molecule has 0 spiro atoms. The Labute approximate surface area is 155 Å². The molecule has 2 heterocycles. The van der Waals surface area contributed by atoms with E-state index >= 15 is 0 Å². The first kappa shape index (κ1) is 17.2. The third-order valence-electron chi connectivity index (χ3n) is 4.58. The van der Waals surface area contributed by atoms with Crippen LogP contribution in [-0.2, 0) is 4.74 Å². The maximum absolute atomic E-state index is 13.0. The van der Waals surface area contributed by atoms with Crippen LogP contribution in [0.3, 0.4) is 0 Å². The second-order valence-electron chi connectivity index (χ2n) is 6.40. The van der Waals surface area contributed by atoms with Gasteiger partial charge in [0.05, 0.1) is 6.54 Å². The SMILES string of the molecule is O=C(c1ccc(-c2noc(=O)[nH]2)cc1)N1CCCOC(c2ccccc2)C1. The zero-order chi connectivity index (χ0) is 18.6. The van der Waals surface area contributed by atoms with Crippen LogP contribution in [0.25, 0.3) is 11.4 Å². The zero-order valence-corrected chi connectivity index (χ0v) is 14.6. The van der Waals surface area contributed by atoms with E-state index in [2.05, 4.69) is 14.7 Å².